The van der Waals surface area contributed by atoms with E-state index in [1.165, 1.54) is 0 Å². The standard InChI is InChI=1S/C16H22F2N2O/c1-3-11-10-20(6-5-15(11)19-4-2)16(21)12-7-13(17)9-14(18)8-12/h7-9,11,15,19H,3-6,10H2,1-2H3. The van der Waals surface area contributed by atoms with Crippen LogP contribution in [0.2, 0.25) is 0 Å². The first kappa shape index (κ1) is 15.9. The molecule has 1 heterocycles. The number of rotatable bonds is 4. The summed E-state index contributed by atoms with van der Waals surface area (Å²) in [6.07, 6.45) is 1.84. The Hall–Kier alpha value is -1.49. The molecular weight excluding hydrogens is 274 g/mol. The van der Waals surface area contributed by atoms with Gasteiger partial charge in [0.25, 0.3) is 5.91 Å². The van der Waals surface area contributed by atoms with Gasteiger partial charge < -0.3 is 10.2 Å². The van der Waals surface area contributed by atoms with Crippen molar-refractivity contribution < 1.29 is 13.6 Å². The predicted octanol–water partition coefficient (Wildman–Crippen LogP) is 2.82. The zero-order valence-corrected chi connectivity index (χ0v) is 12.5. The van der Waals surface area contributed by atoms with E-state index >= 15 is 0 Å². The fourth-order valence-corrected chi connectivity index (χ4v) is 3.02. The SMILES string of the molecule is CCNC1CCN(C(=O)c2cc(F)cc(F)c2)CC1CC. The highest BCUT2D eigenvalue weighted by Crippen LogP contribution is 2.22. The lowest BCUT2D eigenvalue weighted by molar-refractivity contribution is 0.0627. The Labute approximate surface area is 124 Å². The Bertz CT molecular complexity index is 487. The number of nitrogens with zero attached hydrogens (tertiary/aromatic N) is 1. The average Bonchev–Trinajstić information content (AvgIpc) is 2.46. The zero-order valence-electron chi connectivity index (χ0n) is 12.5. The number of piperidine rings is 1. The lowest BCUT2D eigenvalue weighted by Crippen LogP contribution is -2.50. The molecule has 2 atom stereocenters. The van der Waals surface area contributed by atoms with E-state index in [4.69, 9.17) is 0 Å². The molecule has 2 rings (SSSR count). The normalized spacial score (nSPS) is 22.4. The molecule has 5 heteroatoms. The third-order valence-corrected chi connectivity index (χ3v) is 4.12. The van der Waals surface area contributed by atoms with E-state index in [9.17, 15) is 13.6 Å². The summed E-state index contributed by atoms with van der Waals surface area (Å²) in [6.45, 7) is 6.32. The van der Waals surface area contributed by atoms with Gasteiger partial charge in [-0.2, -0.15) is 0 Å². The van der Waals surface area contributed by atoms with Crippen LogP contribution in [0.25, 0.3) is 0 Å². The second-order valence-corrected chi connectivity index (χ2v) is 5.53. The number of carbonyl (C=O) groups excluding carboxylic acids is 1. The maximum absolute atomic E-state index is 13.2. The molecule has 3 nitrogen and oxygen atoms in total. The minimum Gasteiger partial charge on any atom is -0.338 e. The second kappa shape index (κ2) is 6.98. The smallest absolute Gasteiger partial charge is 0.254 e. The lowest BCUT2D eigenvalue weighted by atomic mass is 9.89. The zero-order chi connectivity index (χ0) is 15.4. The molecule has 0 spiro atoms. The van der Waals surface area contributed by atoms with Crippen LogP contribution in [0.1, 0.15) is 37.0 Å². The first-order chi connectivity index (χ1) is 10.0. The van der Waals surface area contributed by atoms with Gasteiger partial charge in [-0.3, -0.25) is 4.79 Å². The number of halogens is 2. The van der Waals surface area contributed by atoms with Gasteiger partial charge >= 0.3 is 0 Å². The molecule has 21 heavy (non-hydrogen) atoms. The molecule has 1 aromatic carbocycles. The summed E-state index contributed by atoms with van der Waals surface area (Å²) in [7, 11) is 0. The fourth-order valence-electron chi connectivity index (χ4n) is 3.02. The number of carbonyl (C=O) groups is 1. The Morgan fingerprint density at radius 2 is 1.95 bits per heavy atom. The highest BCUT2D eigenvalue weighted by atomic mass is 19.1. The number of nitrogens with one attached hydrogen (secondary N) is 1. The fraction of sp³-hybridized carbons (Fsp3) is 0.562. The van der Waals surface area contributed by atoms with Crippen molar-refractivity contribution in [3.05, 3.63) is 35.4 Å². The monoisotopic (exact) mass is 296 g/mol. The molecule has 0 radical (unpaired) electrons. The van der Waals surface area contributed by atoms with Crippen LogP contribution in [0.3, 0.4) is 0 Å². The van der Waals surface area contributed by atoms with Gasteiger partial charge in [-0.25, -0.2) is 8.78 Å². The molecule has 116 valence electrons. The Morgan fingerprint density at radius 1 is 1.29 bits per heavy atom. The topological polar surface area (TPSA) is 32.3 Å². The van der Waals surface area contributed by atoms with E-state index in [2.05, 4.69) is 19.2 Å². The van der Waals surface area contributed by atoms with Gasteiger partial charge in [0.1, 0.15) is 11.6 Å². The van der Waals surface area contributed by atoms with Crippen LogP contribution in [0.5, 0.6) is 0 Å². The van der Waals surface area contributed by atoms with Crippen molar-refractivity contribution in [1.82, 2.24) is 10.2 Å². The molecule has 2 unspecified atom stereocenters. The summed E-state index contributed by atoms with van der Waals surface area (Å²) in [5.74, 6) is -1.34. The molecule has 0 bridgehead atoms. The van der Waals surface area contributed by atoms with E-state index in [-0.39, 0.29) is 11.5 Å². The number of benzene rings is 1. The molecule has 0 aliphatic carbocycles. The van der Waals surface area contributed by atoms with Crippen molar-refractivity contribution in [2.45, 2.75) is 32.7 Å². The van der Waals surface area contributed by atoms with Crippen LogP contribution in [0.4, 0.5) is 8.78 Å². The van der Waals surface area contributed by atoms with Gasteiger partial charge in [0.15, 0.2) is 0 Å². The van der Waals surface area contributed by atoms with Crippen molar-refractivity contribution in [3.63, 3.8) is 0 Å². The van der Waals surface area contributed by atoms with Crippen LogP contribution in [0.15, 0.2) is 18.2 Å². The van der Waals surface area contributed by atoms with Gasteiger partial charge in [-0.15, -0.1) is 0 Å². The van der Waals surface area contributed by atoms with Gasteiger partial charge in [0, 0.05) is 30.8 Å². The van der Waals surface area contributed by atoms with Crippen LogP contribution < -0.4 is 5.32 Å². The Balaban J connectivity index is 2.10. The molecule has 1 fully saturated rings. The number of likely N-dealkylation sites (tertiary alicyclic amines) is 1. The molecule has 1 aromatic rings. The average molecular weight is 296 g/mol. The van der Waals surface area contributed by atoms with Crippen LogP contribution in [0, 0.1) is 17.6 Å². The molecular formula is C16H22F2N2O. The van der Waals surface area contributed by atoms with E-state index in [1.54, 1.807) is 4.90 Å². The van der Waals surface area contributed by atoms with Gasteiger partial charge in [0.2, 0.25) is 0 Å². The third kappa shape index (κ3) is 3.79. The van der Waals surface area contributed by atoms with E-state index < -0.39 is 11.6 Å². The summed E-state index contributed by atoms with van der Waals surface area (Å²) in [5.41, 5.74) is 0.0873. The molecule has 0 aromatic heterocycles. The predicted molar refractivity (Wildman–Crippen MR) is 78.1 cm³/mol. The van der Waals surface area contributed by atoms with Crippen LogP contribution in [-0.2, 0) is 0 Å². The highest BCUT2D eigenvalue weighted by Gasteiger charge is 2.30. The van der Waals surface area contributed by atoms with Crippen LogP contribution in [-0.4, -0.2) is 36.5 Å². The van der Waals surface area contributed by atoms with E-state index in [1.807, 2.05) is 0 Å². The van der Waals surface area contributed by atoms with E-state index in [0.717, 1.165) is 37.6 Å². The van der Waals surface area contributed by atoms with E-state index in [0.29, 0.717) is 25.0 Å². The molecule has 0 saturated carbocycles. The molecule has 1 aliphatic heterocycles. The summed E-state index contributed by atoms with van der Waals surface area (Å²) >= 11 is 0. The summed E-state index contributed by atoms with van der Waals surface area (Å²) < 4.78 is 26.5. The lowest BCUT2D eigenvalue weighted by Gasteiger charge is -2.38. The maximum Gasteiger partial charge on any atom is 0.254 e. The third-order valence-electron chi connectivity index (χ3n) is 4.12. The molecule has 1 saturated heterocycles. The van der Waals surface area contributed by atoms with Crippen molar-refractivity contribution in [2.75, 3.05) is 19.6 Å². The van der Waals surface area contributed by atoms with Crippen molar-refractivity contribution in [2.24, 2.45) is 5.92 Å². The molecule has 1 N–H and O–H groups in total. The summed E-state index contributed by atoms with van der Waals surface area (Å²) in [5, 5.41) is 3.44. The summed E-state index contributed by atoms with van der Waals surface area (Å²) in [4.78, 5) is 14.1. The van der Waals surface area contributed by atoms with Crippen molar-refractivity contribution >= 4 is 5.91 Å². The second-order valence-electron chi connectivity index (χ2n) is 5.53. The number of amides is 1. The summed E-state index contributed by atoms with van der Waals surface area (Å²) in [6, 6.07) is 3.39. The molecule has 1 amide bonds. The van der Waals surface area contributed by atoms with Gasteiger partial charge in [-0.1, -0.05) is 20.3 Å². The van der Waals surface area contributed by atoms with Gasteiger partial charge in [0.05, 0.1) is 0 Å². The quantitative estimate of drug-likeness (QED) is 0.926. The van der Waals surface area contributed by atoms with Gasteiger partial charge in [-0.05, 0) is 31.0 Å². The first-order valence-corrected chi connectivity index (χ1v) is 7.53. The van der Waals surface area contributed by atoms with Crippen molar-refractivity contribution in [3.8, 4) is 0 Å². The number of hydrogen-bond acceptors (Lipinski definition) is 2. The molecule has 1 aliphatic rings. The highest BCUT2D eigenvalue weighted by molar-refractivity contribution is 5.94. The maximum atomic E-state index is 13.2. The minimum absolute atomic E-state index is 0.0873. The Kier molecular flexibility index (Phi) is 5.28. The largest absolute Gasteiger partial charge is 0.338 e. The first-order valence-electron chi connectivity index (χ1n) is 7.53. The number of hydrogen-bond donors (Lipinski definition) is 1. The Morgan fingerprint density at radius 3 is 2.52 bits per heavy atom. The minimum atomic E-state index is -0.715. The van der Waals surface area contributed by atoms with Crippen LogP contribution >= 0.6 is 0 Å². The van der Waals surface area contributed by atoms with Crippen molar-refractivity contribution in [1.29, 1.82) is 0 Å².